The van der Waals surface area contributed by atoms with Gasteiger partial charge in [0.2, 0.25) is 0 Å². The Labute approximate surface area is 98.6 Å². The van der Waals surface area contributed by atoms with E-state index in [1.807, 2.05) is 11.8 Å². The first-order chi connectivity index (χ1) is 6.16. The zero-order valence-corrected chi connectivity index (χ0v) is 11.1. The van der Waals surface area contributed by atoms with Crippen molar-refractivity contribution in [1.82, 2.24) is 10.2 Å². The third-order valence-corrected chi connectivity index (χ3v) is 3.38. The van der Waals surface area contributed by atoms with Gasteiger partial charge in [-0.05, 0) is 31.7 Å². The van der Waals surface area contributed by atoms with E-state index in [-0.39, 0.29) is 12.4 Å². The third-order valence-electron chi connectivity index (χ3n) is 2.79. The summed E-state index contributed by atoms with van der Waals surface area (Å²) in [5.74, 6) is 1.25. The highest BCUT2D eigenvalue weighted by molar-refractivity contribution is 7.98. The molecule has 1 rings (SSSR count). The lowest BCUT2D eigenvalue weighted by Gasteiger charge is -2.28. The zero-order chi connectivity index (χ0) is 9.73. The van der Waals surface area contributed by atoms with E-state index >= 15 is 0 Å². The smallest absolute Gasteiger partial charge is 0.00694 e. The first-order valence-corrected chi connectivity index (χ1v) is 6.44. The molecule has 1 aliphatic rings. The number of hydrogen-bond donors (Lipinski definition) is 1. The molecule has 0 amide bonds. The van der Waals surface area contributed by atoms with Gasteiger partial charge < -0.3 is 10.2 Å². The Morgan fingerprint density at radius 3 is 2.71 bits per heavy atom. The Hall–Kier alpha value is 0.560. The Balaban J connectivity index is 0.00000169. The van der Waals surface area contributed by atoms with Gasteiger partial charge in [-0.15, -0.1) is 12.4 Å². The average molecular weight is 239 g/mol. The number of nitrogens with zero attached hydrogens (tertiary/aromatic N) is 1. The maximum atomic E-state index is 3.44. The minimum absolute atomic E-state index is 0. The van der Waals surface area contributed by atoms with Crippen LogP contribution in [0.5, 0.6) is 0 Å². The molecule has 0 aromatic heterocycles. The van der Waals surface area contributed by atoms with Gasteiger partial charge in [-0.25, -0.2) is 0 Å². The van der Waals surface area contributed by atoms with Gasteiger partial charge in [-0.1, -0.05) is 6.92 Å². The van der Waals surface area contributed by atoms with Gasteiger partial charge in [0, 0.05) is 25.4 Å². The van der Waals surface area contributed by atoms with Crippen LogP contribution in [0.3, 0.4) is 0 Å². The Bertz CT molecular complexity index is 149. The molecule has 0 radical (unpaired) electrons. The minimum atomic E-state index is 0. The molecule has 1 atom stereocenters. The first-order valence-electron chi connectivity index (χ1n) is 5.04. The highest BCUT2D eigenvalue weighted by Gasteiger charge is 2.29. The highest BCUT2D eigenvalue weighted by Crippen LogP contribution is 2.24. The predicted molar refractivity (Wildman–Crippen MR) is 68.7 cm³/mol. The largest absolute Gasteiger partial charge is 0.316 e. The Morgan fingerprint density at radius 1 is 1.50 bits per heavy atom. The molecule has 1 saturated heterocycles. The summed E-state index contributed by atoms with van der Waals surface area (Å²) >= 11 is 1.93. The minimum Gasteiger partial charge on any atom is -0.316 e. The van der Waals surface area contributed by atoms with Crippen molar-refractivity contribution in [1.29, 1.82) is 0 Å². The fourth-order valence-electron chi connectivity index (χ4n) is 1.98. The third kappa shape index (κ3) is 4.87. The quantitative estimate of drug-likeness (QED) is 0.785. The van der Waals surface area contributed by atoms with Crippen molar-refractivity contribution in [2.45, 2.75) is 13.3 Å². The van der Waals surface area contributed by atoms with Crippen LogP contribution < -0.4 is 5.32 Å². The molecular weight excluding hydrogens is 216 g/mol. The van der Waals surface area contributed by atoms with E-state index in [0.29, 0.717) is 5.41 Å². The Kier molecular flexibility index (Phi) is 7.21. The summed E-state index contributed by atoms with van der Waals surface area (Å²) in [5.41, 5.74) is 0.521. The lowest BCUT2D eigenvalue weighted by molar-refractivity contribution is 0.218. The van der Waals surface area contributed by atoms with E-state index in [4.69, 9.17) is 0 Å². The van der Waals surface area contributed by atoms with Crippen molar-refractivity contribution < 1.29 is 0 Å². The van der Waals surface area contributed by atoms with Crippen LogP contribution in [0.2, 0.25) is 0 Å². The molecule has 1 heterocycles. The predicted octanol–water partition coefficient (Wildman–Crippen LogP) is 1.70. The van der Waals surface area contributed by atoms with E-state index in [1.54, 1.807) is 0 Å². The molecule has 4 heteroatoms. The van der Waals surface area contributed by atoms with Gasteiger partial charge in [0.1, 0.15) is 0 Å². The molecule has 0 bridgehead atoms. The second-order valence-corrected chi connectivity index (χ2v) is 5.45. The molecule has 86 valence electrons. The molecular formula is C10H23ClN2S. The average Bonchev–Trinajstić information content (AvgIpc) is 2.48. The number of rotatable bonds is 5. The molecule has 0 aromatic rings. The van der Waals surface area contributed by atoms with Gasteiger partial charge in [0.25, 0.3) is 0 Å². The second-order valence-electron chi connectivity index (χ2n) is 4.47. The van der Waals surface area contributed by atoms with E-state index in [0.717, 1.165) is 0 Å². The first kappa shape index (κ1) is 14.6. The van der Waals surface area contributed by atoms with Crippen LogP contribution in [0.25, 0.3) is 0 Å². The number of nitrogens with one attached hydrogen (secondary N) is 1. The van der Waals surface area contributed by atoms with Crippen molar-refractivity contribution in [3.63, 3.8) is 0 Å². The maximum Gasteiger partial charge on any atom is 0.00694 e. The van der Waals surface area contributed by atoms with E-state index in [2.05, 4.69) is 30.4 Å². The summed E-state index contributed by atoms with van der Waals surface area (Å²) in [6.07, 6.45) is 3.50. The fourth-order valence-corrected chi connectivity index (χ4v) is 2.48. The van der Waals surface area contributed by atoms with Crippen LogP contribution >= 0.6 is 24.2 Å². The van der Waals surface area contributed by atoms with Gasteiger partial charge >= 0.3 is 0 Å². The van der Waals surface area contributed by atoms with Crippen LogP contribution in [-0.4, -0.2) is 50.1 Å². The molecule has 1 N–H and O–H groups in total. The van der Waals surface area contributed by atoms with Crippen LogP contribution in [0.15, 0.2) is 0 Å². The summed E-state index contributed by atoms with van der Waals surface area (Å²) in [6.45, 7) is 7.24. The molecule has 1 aliphatic heterocycles. The topological polar surface area (TPSA) is 15.3 Å². The summed E-state index contributed by atoms with van der Waals surface area (Å²) in [5, 5.41) is 3.44. The number of thioether (sulfide) groups is 1. The van der Waals surface area contributed by atoms with Crippen molar-refractivity contribution in [2.75, 3.05) is 45.2 Å². The summed E-state index contributed by atoms with van der Waals surface area (Å²) < 4.78 is 0. The van der Waals surface area contributed by atoms with Crippen molar-refractivity contribution in [3.05, 3.63) is 0 Å². The summed E-state index contributed by atoms with van der Waals surface area (Å²) in [7, 11) is 2.24. The molecule has 0 aliphatic carbocycles. The van der Waals surface area contributed by atoms with Crippen molar-refractivity contribution in [3.8, 4) is 0 Å². The van der Waals surface area contributed by atoms with Crippen LogP contribution in [0.4, 0.5) is 0 Å². The molecule has 0 saturated carbocycles. The van der Waals surface area contributed by atoms with Gasteiger partial charge in [0.05, 0.1) is 0 Å². The van der Waals surface area contributed by atoms with E-state index in [9.17, 15) is 0 Å². The molecule has 0 spiro atoms. The molecule has 1 unspecified atom stereocenters. The van der Waals surface area contributed by atoms with Crippen molar-refractivity contribution in [2.24, 2.45) is 5.41 Å². The van der Waals surface area contributed by atoms with Crippen molar-refractivity contribution >= 4 is 24.2 Å². The fraction of sp³-hybridized carbons (Fsp3) is 1.00. The summed E-state index contributed by atoms with van der Waals surface area (Å²) in [4.78, 5) is 2.46. The van der Waals surface area contributed by atoms with Crippen LogP contribution in [-0.2, 0) is 0 Å². The van der Waals surface area contributed by atoms with E-state index in [1.165, 1.54) is 38.4 Å². The Morgan fingerprint density at radius 2 is 2.21 bits per heavy atom. The van der Waals surface area contributed by atoms with Gasteiger partial charge in [0.15, 0.2) is 0 Å². The van der Waals surface area contributed by atoms with Gasteiger partial charge in [-0.2, -0.15) is 11.8 Å². The summed E-state index contributed by atoms with van der Waals surface area (Å²) in [6, 6.07) is 0. The van der Waals surface area contributed by atoms with Crippen LogP contribution in [0, 0.1) is 5.41 Å². The molecule has 0 aromatic carbocycles. The lowest BCUT2D eigenvalue weighted by Crippen LogP contribution is -2.36. The normalized spacial score (nSPS) is 26.6. The standard InChI is InChI=1S/C10H22N2S.ClH/c1-10(4-5-11-8-10)9-12(2)6-7-13-3;/h11H,4-9H2,1-3H3;1H. The van der Waals surface area contributed by atoms with Gasteiger partial charge in [-0.3, -0.25) is 0 Å². The lowest BCUT2D eigenvalue weighted by atomic mass is 9.89. The number of hydrogen-bond acceptors (Lipinski definition) is 3. The zero-order valence-electron chi connectivity index (χ0n) is 9.51. The number of halogens is 1. The van der Waals surface area contributed by atoms with Crippen LogP contribution in [0.1, 0.15) is 13.3 Å². The monoisotopic (exact) mass is 238 g/mol. The highest BCUT2D eigenvalue weighted by atomic mass is 35.5. The SMILES string of the molecule is CSCCN(C)CC1(C)CCNC1.Cl. The maximum absolute atomic E-state index is 3.44. The molecule has 1 fully saturated rings. The van der Waals surface area contributed by atoms with E-state index < -0.39 is 0 Å². The second kappa shape index (κ2) is 6.94. The molecule has 2 nitrogen and oxygen atoms in total. The molecule has 14 heavy (non-hydrogen) atoms.